The van der Waals surface area contributed by atoms with Crippen molar-refractivity contribution in [1.82, 2.24) is 14.8 Å². The van der Waals surface area contributed by atoms with Crippen LogP contribution in [0.15, 0.2) is 18.3 Å². The third-order valence-electron chi connectivity index (χ3n) is 3.21. The molecule has 0 amide bonds. The van der Waals surface area contributed by atoms with Gasteiger partial charge in [0.1, 0.15) is 11.8 Å². The maximum absolute atomic E-state index is 12.3. The van der Waals surface area contributed by atoms with Crippen LogP contribution in [0.2, 0.25) is 0 Å². The molecule has 0 aliphatic carbocycles. The van der Waals surface area contributed by atoms with E-state index in [0.717, 1.165) is 5.56 Å². The second kappa shape index (κ2) is 6.20. The van der Waals surface area contributed by atoms with Crippen molar-refractivity contribution in [3.8, 4) is 6.07 Å². The minimum absolute atomic E-state index is 0.359. The number of hydrogen-bond donors (Lipinski definition) is 0. The van der Waals surface area contributed by atoms with E-state index >= 15 is 0 Å². The zero-order valence-corrected chi connectivity index (χ0v) is 10.9. The summed E-state index contributed by atoms with van der Waals surface area (Å²) in [6.07, 6.45) is -2.55. The van der Waals surface area contributed by atoms with Gasteiger partial charge in [0.15, 0.2) is 0 Å². The molecule has 2 heterocycles. The molecule has 0 radical (unpaired) electrons. The van der Waals surface area contributed by atoms with Gasteiger partial charge in [0.25, 0.3) is 0 Å². The Morgan fingerprint density at radius 2 is 1.85 bits per heavy atom. The maximum Gasteiger partial charge on any atom is 0.401 e. The van der Waals surface area contributed by atoms with Gasteiger partial charge in [0.05, 0.1) is 6.54 Å². The highest BCUT2D eigenvalue weighted by Gasteiger charge is 2.32. The molecule has 0 N–H and O–H groups in total. The number of nitriles is 1. The standard InChI is InChI=1S/C13H15F3N4/c14-13(15,16)10-20-5-3-19(4-6-20)9-11-1-2-18-12(7-11)8-17/h1-2,7H,3-6,9-10H2. The summed E-state index contributed by atoms with van der Waals surface area (Å²) in [5.41, 5.74) is 1.32. The SMILES string of the molecule is N#Cc1cc(CN2CCN(CC(F)(F)F)CC2)ccn1. The van der Waals surface area contributed by atoms with E-state index in [9.17, 15) is 13.2 Å². The minimum Gasteiger partial charge on any atom is -0.297 e. The molecular formula is C13H15F3N4. The summed E-state index contributed by atoms with van der Waals surface area (Å²) in [6, 6.07) is 5.51. The van der Waals surface area contributed by atoms with Crippen LogP contribution in [0.5, 0.6) is 0 Å². The molecule has 1 aliphatic heterocycles. The predicted molar refractivity (Wildman–Crippen MR) is 66.7 cm³/mol. The zero-order valence-electron chi connectivity index (χ0n) is 10.9. The smallest absolute Gasteiger partial charge is 0.297 e. The van der Waals surface area contributed by atoms with Gasteiger partial charge >= 0.3 is 6.18 Å². The Morgan fingerprint density at radius 3 is 2.45 bits per heavy atom. The molecule has 0 spiro atoms. The number of rotatable bonds is 3. The number of nitrogens with zero attached hydrogens (tertiary/aromatic N) is 4. The van der Waals surface area contributed by atoms with Gasteiger partial charge in [-0.25, -0.2) is 4.98 Å². The van der Waals surface area contributed by atoms with Crippen molar-refractivity contribution in [2.75, 3.05) is 32.7 Å². The van der Waals surface area contributed by atoms with Gasteiger partial charge in [-0.15, -0.1) is 0 Å². The molecule has 1 aromatic heterocycles. The van der Waals surface area contributed by atoms with Crippen molar-refractivity contribution in [2.45, 2.75) is 12.7 Å². The first kappa shape index (κ1) is 14.8. The van der Waals surface area contributed by atoms with Crippen LogP contribution in [0.4, 0.5) is 13.2 Å². The molecule has 2 rings (SSSR count). The maximum atomic E-state index is 12.3. The van der Waals surface area contributed by atoms with E-state index in [4.69, 9.17) is 5.26 Å². The summed E-state index contributed by atoms with van der Waals surface area (Å²) >= 11 is 0. The molecule has 7 heteroatoms. The Kier molecular flexibility index (Phi) is 4.57. The van der Waals surface area contributed by atoms with Gasteiger partial charge < -0.3 is 0 Å². The predicted octanol–water partition coefficient (Wildman–Crippen LogP) is 1.63. The van der Waals surface area contributed by atoms with E-state index in [1.54, 1.807) is 12.3 Å². The van der Waals surface area contributed by atoms with E-state index < -0.39 is 12.7 Å². The lowest BCUT2D eigenvalue weighted by Crippen LogP contribution is -2.48. The lowest BCUT2D eigenvalue weighted by atomic mass is 10.2. The molecule has 1 fully saturated rings. The van der Waals surface area contributed by atoms with Crippen LogP contribution in [-0.2, 0) is 6.54 Å². The number of piperazine rings is 1. The van der Waals surface area contributed by atoms with E-state index in [1.165, 1.54) is 4.90 Å². The lowest BCUT2D eigenvalue weighted by Gasteiger charge is -2.34. The van der Waals surface area contributed by atoms with Crippen molar-refractivity contribution in [2.24, 2.45) is 0 Å². The van der Waals surface area contributed by atoms with E-state index in [-0.39, 0.29) is 0 Å². The molecule has 108 valence electrons. The topological polar surface area (TPSA) is 43.2 Å². The van der Waals surface area contributed by atoms with E-state index in [2.05, 4.69) is 9.88 Å². The second-order valence-electron chi connectivity index (χ2n) is 4.83. The molecule has 0 saturated carbocycles. The average molecular weight is 284 g/mol. The average Bonchev–Trinajstić information content (AvgIpc) is 2.40. The molecule has 4 nitrogen and oxygen atoms in total. The normalized spacial score (nSPS) is 17.9. The van der Waals surface area contributed by atoms with Gasteiger partial charge in [0, 0.05) is 38.9 Å². The van der Waals surface area contributed by atoms with Crippen LogP contribution >= 0.6 is 0 Å². The molecule has 1 aliphatic rings. The number of halogens is 3. The zero-order chi connectivity index (χ0) is 14.6. The highest BCUT2D eigenvalue weighted by atomic mass is 19.4. The highest BCUT2D eigenvalue weighted by Crippen LogP contribution is 2.18. The van der Waals surface area contributed by atoms with Crippen LogP contribution in [0.1, 0.15) is 11.3 Å². The third-order valence-corrected chi connectivity index (χ3v) is 3.21. The largest absolute Gasteiger partial charge is 0.401 e. The first-order valence-electron chi connectivity index (χ1n) is 6.33. The Balaban J connectivity index is 1.84. The first-order valence-corrected chi connectivity index (χ1v) is 6.33. The highest BCUT2D eigenvalue weighted by molar-refractivity contribution is 5.25. The molecule has 0 unspecified atom stereocenters. The van der Waals surface area contributed by atoms with Gasteiger partial charge in [-0.1, -0.05) is 0 Å². The van der Waals surface area contributed by atoms with Crippen molar-refractivity contribution in [1.29, 1.82) is 5.26 Å². The summed E-state index contributed by atoms with van der Waals surface area (Å²) in [6.45, 7) is 1.82. The monoisotopic (exact) mass is 284 g/mol. The summed E-state index contributed by atoms with van der Waals surface area (Å²) in [7, 11) is 0. The number of alkyl halides is 3. The lowest BCUT2D eigenvalue weighted by molar-refractivity contribution is -0.149. The molecule has 1 saturated heterocycles. The molecule has 0 aromatic carbocycles. The van der Waals surface area contributed by atoms with Crippen LogP contribution < -0.4 is 0 Å². The second-order valence-corrected chi connectivity index (χ2v) is 4.83. The summed E-state index contributed by atoms with van der Waals surface area (Å²) in [5.74, 6) is 0. The quantitative estimate of drug-likeness (QED) is 0.846. The molecule has 20 heavy (non-hydrogen) atoms. The van der Waals surface area contributed by atoms with Crippen molar-refractivity contribution in [3.63, 3.8) is 0 Å². The van der Waals surface area contributed by atoms with Gasteiger partial charge in [-0.3, -0.25) is 9.80 Å². The molecule has 0 bridgehead atoms. The van der Waals surface area contributed by atoms with Gasteiger partial charge in [-0.2, -0.15) is 18.4 Å². The van der Waals surface area contributed by atoms with Crippen molar-refractivity contribution < 1.29 is 13.2 Å². The van der Waals surface area contributed by atoms with Crippen LogP contribution in [0, 0.1) is 11.3 Å². The van der Waals surface area contributed by atoms with Gasteiger partial charge in [-0.05, 0) is 17.7 Å². The summed E-state index contributed by atoms with van der Waals surface area (Å²) in [4.78, 5) is 7.40. The third kappa shape index (κ3) is 4.47. The Morgan fingerprint density at radius 1 is 1.20 bits per heavy atom. The van der Waals surface area contributed by atoms with Crippen molar-refractivity contribution >= 4 is 0 Å². The van der Waals surface area contributed by atoms with Crippen LogP contribution in [-0.4, -0.2) is 53.7 Å². The minimum atomic E-state index is -4.13. The number of aromatic nitrogens is 1. The van der Waals surface area contributed by atoms with Gasteiger partial charge in [0.2, 0.25) is 0 Å². The van der Waals surface area contributed by atoms with E-state index in [0.29, 0.717) is 38.4 Å². The molecule has 0 atom stereocenters. The summed E-state index contributed by atoms with van der Waals surface area (Å²) in [5, 5.41) is 8.77. The molecular weight excluding hydrogens is 269 g/mol. The Labute approximate surface area is 115 Å². The van der Waals surface area contributed by atoms with E-state index in [1.807, 2.05) is 12.1 Å². The summed E-state index contributed by atoms with van der Waals surface area (Å²) < 4.78 is 36.8. The Hall–Kier alpha value is -1.65. The first-order chi connectivity index (χ1) is 9.46. The number of hydrogen-bond acceptors (Lipinski definition) is 4. The fourth-order valence-electron chi connectivity index (χ4n) is 2.25. The Bertz CT molecular complexity index is 487. The van der Waals surface area contributed by atoms with Crippen molar-refractivity contribution in [3.05, 3.63) is 29.6 Å². The fraction of sp³-hybridized carbons (Fsp3) is 0.538. The van der Waals surface area contributed by atoms with Crippen LogP contribution in [0.3, 0.4) is 0 Å². The van der Waals surface area contributed by atoms with Crippen LogP contribution in [0.25, 0.3) is 0 Å². The fourth-order valence-corrected chi connectivity index (χ4v) is 2.25. The molecule has 1 aromatic rings. The number of pyridine rings is 1.